The summed E-state index contributed by atoms with van der Waals surface area (Å²) in [6.45, 7) is 3.43. The van der Waals surface area contributed by atoms with Gasteiger partial charge in [-0.25, -0.2) is 0 Å². The lowest BCUT2D eigenvalue weighted by Crippen LogP contribution is -2.52. The lowest BCUT2D eigenvalue weighted by Gasteiger charge is -2.44. The average molecular weight is 333 g/mol. The van der Waals surface area contributed by atoms with E-state index in [1.54, 1.807) is 12.1 Å². The molecule has 9 nitrogen and oxygen atoms in total. The number of rotatable bonds is 5. The maximum absolute atomic E-state index is 11.7. The molecule has 0 saturated carbocycles. The molecule has 24 heavy (non-hydrogen) atoms. The Hall–Kier alpha value is -2.52. The average Bonchev–Trinajstić information content (AvgIpc) is 2.97. The fourth-order valence-electron chi connectivity index (χ4n) is 3.26. The molecule has 1 atom stereocenters. The second-order valence-electron chi connectivity index (χ2n) is 5.66. The highest BCUT2D eigenvalue weighted by atomic mass is 16.6. The quantitative estimate of drug-likeness (QED) is 0.459. The minimum atomic E-state index is -1.46. The van der Waals surface area contributed by atoms with E-state index in [4.69, 9.17) is 4.74 Å². The van der Waals surface area contributed by atoms with E-state index in [1.807, 2.05) is 11.8 Å². The fraction of sp³-hybridized carbons (Fsp3) is 0.467. The monoisotopic (exact) mass is 333 g/mol. The summed E-state index contributed by atoms with van der Waals surface area (Å²) in [5, 5.41) is 23.0. The third-order valence-corrected chi connectivity index (χ3v) is 4.32. The van der Waals surface area contributed by atoms with Crippen LogP contribution < -0.4 is 0 Å². The van der Waals surface area contributed by atoms with E-state index < -0.39 is 15.6 Å². The van der Waals surface area contributed by atoms with Gasteiger partial charge in [0.15, 0.2) is 11.8 Å². The summed E-state index contributed by atoms with van der Waals surface area (Å²) in [4.78, 5) is 27.9. The van der Waals surface area contributed by atoms with Gasteiger partial charge in [-0.1, -0.05) is 25.5 Å². The molecule has 1 aromatic rings. The smallest absolute Gasteiger partial charge is 0.186 e. The number of pyridine rings is 1. The molecule has 2 heterocycles. The summed E-state index contributed by atoms with van der Waals surface area (Å²) in [5.41, 5.74) is -1.31. The number of unbranched alkanes of at least 4 members (excludes halogenated alkanes) is 1. The summed E-state index contributed by atoms with van der Waals surface area (Å²) in [7, 11) is 0. The van der Waals surface area contributed by atoms with E-state index in [0.29, 0.717) is 19.7 Å². The van der Waals surface area contributed by atoms with E-state index in [-0.39, 0.29) is 23.0 Å². The van der Waals surface area contributed by atoms with Gasteiger partial charge in [-0.05, 0) is 27.9 Å². The number of ether oxygens (including phenoxy) is 1. The van der Waals surface area contributed by atoms with Gasteiger partial charge in [0, 0.05) is 19.3 Å². The molecule has 1 aliphatic heterocycles. The zero-order valence-corrected chi connectivity index (χ0v) is 13.2. The van der Waals surface area contributed by atoms with Gasteiger partial charge in [0.25, 0.3) is 0 Å². The lowest BCUT2D eigenvalue weighted by molar-refractivity contribution is -0.489. The van der Waals surface area contributed by atoms with E-state index in [1.165, 1.54) is 6.20 Å². The van der Waals surface area contributed by atoms with Gasteiger partial charge in [0.2, 0.25) is 0 Å². The number of nitrogens with zero attached hydrogens (tertiary/aromatic N) is 4. The fourth-order valence-corrected chi connectivity index (χ4v) is 3.26. The van der Waals surface area contributed by atoms with Gasteiger partial charge in [0.1, 0.15) is 5.70 Å². The van der Waals surface area contributed by atoms with Gasteiger partial charge in [-0.2, -0.15) is 0 Å². The van der Waals surface area contributed by atoms with Crippen LogP contribution in [-0.2, 0) is 10.5 Å². The third kappa shape index (κ3) is 2.33. The molecule has 0 amide bonds. The number of hydrogen-bond acceptors (Lipinski definition) is 7. The van der Waals surface area contributed by atoms with Crippen LogP contribution in [0.15, 0.2) is 24.4 Å². The van der Waals surface area contributed by atoms with Gasteiger partial charge >= 0.3 is 0 Å². The van der Waals surface area contributed by atoms with Crippen molar-refractivity contribution in [2.75, 3.05) is 19.7 Å². The van der Waals surface area contributed by atoms with Crippen LogP contribution in [0, 0.1) is 26.3 Å². The Bertz CT molecular complexity index is 707. The van der Waals surface area contributed by atoms with Crippen molar-refractivity contribution < 1.29 is 14.6 Å². The minimum Gasteiger partial charge on any atom is -0.359 e. The van der Waals surface area contributed by atoms with Crippen molar-refractivity contribution >= 4 is 5.70 Å². The van der Waals surface area contributed by atoms with Crippen LogP contribution in [-0.4, -0.2) is 39.4 Å². The first-order chi connectivity index (χ1) is 11.5. The van der Waals surface area contributed by atoms with Crippen LogP contribution in [0.2, 0.25) is 0 Å². The standard InChI is InChI=1S/C15H17N4O5/c1-2-3-7-17-8-9-24-15(17)13(19(22)23)10-12(18(20)21)11-5-4-6-16-14(11)15/h4-6,10H,2-3,7-9H2,1H3/q-1. The number of nitro groups is 2. The molecule has 128 valence electrons. The summed E-state index contributed by atoms with van der Waals surface area (Å²) in [6, 6.07) is 2.77. The lowest BCUT2D eigenvalue weighted by atomic mass is 9.87. The second kappa shape index (κ2) is 6.17. The predicted molar refractivity (Wildman–Crippen MR) is 83.6 cm³/mol. The Morgan fingerprint density at radius 2 is 2.25 bits per heavy atom. The van der Waals surface area contributed by atoms with Crippen molar-refractivity contribution in [1.82, 2.24) is 9.88 Å². The molecule has 9 heteroatoms. The zero-order valence-electron chi connectivity index (χ0n) is 13.2. The minimum absolute atomic E-state index is 0.222. The molecule has 0 N–H and O–H groups in total. The third-order valence-electron chi connectivity index (χ3n) is 4.32. The first-order valence-electron chi connectivity index (χ1n) is 7.75. The molecule has 3 rings (SSSR count). The predicted octanol–water partition coefficient (Wildman–Crippen LogP) is 1.81. The van der Waals surface area contributed by atoms with Gasteiger partial charge < -0.3 is 4.74 Å². The van der Waals surface area contributed by atoms with Crippen LogP contribution >= 0.6 is 0 Å². The zero-order chi connectivity index (χ0) is 17.3. The van der Waals surface area contributed by atoms with Crippen LogP contribution in [0.4, 0.5) is 0 Å². The molecule has 1 spiro atoms. The molecule has 0 radical (unpaired) electrons. The molecule has 1 aliphatic carbocycles. The van der Waals surface area contributed by atoms with E-state index in [2.05, 4.69) is 4.98 Å². The summed E-state index contributed by atoms with van der Waals surface area (Å²) < 4.78 is 5.84. The highest BCUT2D eigenvalue weighted by Crippen LogP contribution is 2.48. The highest BCUT2D eigenvalue weighted by molar-refractivity contribution is 5.67. The Labute approximate surface area is 138 Å². The Kier molecular flexibility index (Phi) is 4.20. The van der Waals surface area contributed by atoms with Crippen LogP contribution in [0.1, 0.15) is 31.0 Å². The molecule has 1 saturated heterocycles. The Morgan fingerprint density at radius 3 is 2.92 bits per heavy atom. The normalized spacial score (nSPS) is 23.2. The van der Waals surface area contributed by atoms with Gasteiger partial charge in [0.05, 0.1) is 12.3 Å². The molecule has 2 aliphatic rings. The van der Waals surface area contributed by atoms with E-state index >= 15 is 0 Å². The van der Waals surface area contributed by atoms with Crippen molar-refractivity contribution in [2.24, 2.45) is 0 Å². The summed E-state index contributed by atoms with van der Waals surface area (Å²) in [6.07, 6.45) is 4.24. The van der Waals surface area contributed by atoms with Crippen molar-refractivity contribution in [1.29, 1.82) is 0 Å². The Morgan fingerprint density at radius 1 is 1.46 bits per heavy atom. The highest BCUT2D eigenvalue weighted by Gasteiger charge is 2.55. The van der Waals surface area contributed by atoms with Crippen molar-refractivity contribution in [3.05, 3.63) is 61.9 Å². The second-order valence-corrected chi connectivity index (χ2v) is 5.66. The number of fused-ring (bicyclic) bond motifs is 2. The van der Waals surface area contributed by atoms with E-state index in [9.17, 15) is 20.2 Å². The van der Waals surface area contributed by atoms with E-state index in [0.717, 1.165) is 18.9 Å². The summed E-state index contributed by atoms with van der Waals surface area (Å²) >= 11 is 0. The SMILES string of the molecule is CCCCN1CCOC12c1ncccc1C([N+](=O)[O-])=C[C-]2[N+](=O)[O-]. The molecule has 1 fully saturated rings. The van der Waals surface area contributed by atoms with Crippen molar-refractivity contribution in [2.45, 2.75) is 25.5 Å². The molecular weight excluding hydrogens is 316 g/mol. The molecule has 0 aromatic carbocycles. The maximum atomic E-state index is 11.7. The first kappa shape index (κ1) is 16.3. The maximum Gasteiger partial charge on any atom is 0.186 e. The van der Waals surface area contributed by atoms with Crippen molar-refractivity contribution in [3.63, 3.8) is 0 Å². The van der Waals surface area contributed by atoms with Crippen molar-refractivity contribution in [3.8, 4) is 0 Å². The molecule has 1 aromatic heterocycles. The number of aromatic nitrogens is 1. The molecule has 1 unspecified atom stereocenters. The number of hydrogen-bond donors (Lipinski definition) is 0. The topological polar surface area (TPSA) is 112 Å². The van der Waals surface area contributed by atoms with Crippen LogP contribution in [0.3, 0.4) is 0 Å². The molecule has 0 bridgehead atoms. The summed E-state index contributed by atoms with van der Waals surface area (Å²) in [5.74, 6) is 0. The first-order valence-corrected chi connectivity index (χ1v) is 7.75. The van der Waals surface area contributed by atoms with Crippen LogP contribution in [0.5, 0.6) is 0 Å². The van der Waals surface area contributed by atoms with Gasteiger partial charge in [-0.15, -0.1) is 0 Å². The van der Waals surface area contributed by atoms with Gasteiger partial charge in [-0.3, -0.25) is 30.1 Å². The largest absolute Gasteiger partial charge is 0.359 e. The molecular formula is C15H17N4O5-. The Balaban J connectivity index is 2.20. The van der Waals surface area contributed by atoms with Crippen LogP contribution in [0.25, 0.3) is 5.70 Å².